The topological polar surface area (TPSA) is 92.2 Å². The number of nitrogens with one attached hydrogen (secondary N) is 1. The third kappa shape index (κ3) is 3.51. The van der Waals surface area contributed by atoms with E-state index < -0.39 is 0 Å². The zero-order valence-electron chi connectivity index (χ0n) is 16.5. The Bertz CT molecular complexity index is 1010. The van der Waals surface area contributed by atoms with Gasteiger partial charge in [-0.25, -0.2) is 4.98 Å². The number of rotatable bonds is 4. The highest BCUT2D eigenvalue weighted by atomic mass is 16.5. The molecule has 2 aliphatic rings. The van der Waals surface area contributed by atoms with Crippen molar-refractivity contribution in [1.29, 1.82) is 0 Å². The summed E-state index contributed by atoms with van der Waals surface area (Å²) >= 11 is 0. The number of ether oxygens (including phenoxy) is 1. The van der Waals surface area contributed by atoms with Crippen LogP contribution in [-0.2, 0) is 17.8 Å². The lowest BCUT2D eigenvalue weighted by atomic mass is 10.1. The van der Waals surface area contributed by atoms with Gasteiger partial charge in [0, 0.05) is 50.1 Å². The van der Waals surface area contributed by atoms with E-state index in [4.69, 9.17) is 4.74 Å². The van der Waals surface area contributed by atoms with Crippen LogP contribution in [0, 0.1) is 5.92 Å². The number of carbonyl (C=O) groups excluding carboxylic acids is 1. The highest BCUT2D eigenvalue weighted by Gasteiger charge is 2.36. The largest absolute Gasteiger partial charge is 0.379 e. The van der Waals surface area contributed by atoms with E-state index in [0.29, 0.717) is 30.8 Å². The van der Waals surface area contributed by atoms with Gasteiger partial charge in [0.1, 0.15) is 16.9 Å². The minimum atomic E-state index is 0.0213. The van der Waals surface area contributed by atoms with Crippen molar-refractivity contribution in [3.63, 3.8) is 0 Å². The Morgan fingerprint density at radius 3 is 3.00 bits per heavy atom. The zero-order valence-corrected chi connectivity index (χ0v) is 16.5. The van der Waals surface area contributed by atoms with E-state index in [1.54, 1.807) is 0 Å². The number of hydrogen-bond acceptors (Lipinski definition) is 6. The molecule has 2 saturated heterocycles. The molecule has 2 aromatic heterocycles. The molecule has 2 atom stereocenters. The Morgan fingerprint density at radius 1 is 1.21 bits per heavy atom. The lowest BCUT2D eigenvalue weighted by Gasteiger charge is -2.31. The number of amides is 1. The van der Waals surface area contributed by atoms with Gasteiger partial charge in [-0.1, -0.05) is 0 Å². The summed E-state index contributed by atoms with van der Waals surface area (Å²) in [6.07, 6.45) is 3.88. The molecule has 1 aromatic carbocycles. The molecule has 3 aromatic rings. The minimum Gasteiger partial charge on any atom is -0.379 e. The summed E-state index contributed by atoms with van der Waals surface area (Å²) in [6, 6.07) is 5.50. The smallest absolute Gasteiger partial charge is 0.254 e. The monoisotopic (exact) mass is 395 g/mol. The average molecular weight is 395 g/mol. The molecule has 2 aliphatic heterocycles. The van der Waals surface area contributed by atoms with Crippen LogP contribution in [-0.4, -0.2) is 79.6 Å². The summed E-state index contributed by atoms with van der Waals surface area (Å²) in [6.45, 7) is 7.47. The van der Waals surface area contributed by atoms with Gasteiger partial charge in [0.2, 0.25) is 0 Å². The van der Waals surface area contributed by atoms with E-state index in [9.17, 15) is 4.79 Å². The number of carbonyl (C=O) groups is 1. The summed E-state index contributed by atoms with van der Waals surface area (Å²) in [4.78, 5) is 22.3. The molecule has 0 spiro atoms. The van der Waals surface area contributed by atoms with Crippen molar-refractivity contribution >= 4 is 16.9 Å². The molecule has 4 heterocycles. The third-order valence-electron chi connectivity index (χ3n) is 5.88. The lowest BCUT2D eigenvalue weighted by Crippen LogP contribution is -2.46. The molecular weight excluding hydrogens is 370 g/mol. The van der Waals surface area contributed by atoms with Gasteiger partial charge in [0.25, 0.3) is 5.91 Å². The molecule has 5 rings (SSSR count). The first-order valence-electron chi connectivity index (χ1n) is 10.1. The summed E-state index contributed by atoms with van der Waals surface area (Å²) in [5.74, 6) is 1.39. The number of imidazole rings is 1. The number of hydrogen-bond donors (Lipinski definition) is 1. The van der Waals surface area contributed by atoms with E-state index in [-0.39, 0.29) is 17.9 Å². The molecule has 0 aliphatic carbocycles. The van der Waals surface area contributed by atoms with Crippen LogP contribution < -0.4 is 0 Å². The van der Waals surface area contributed by atoms with Crippen LogP contribution in [0.2, 0.25) is 0 Å². The maximum absolute atomic E-state index is 13.4. The van der Waals surface area contributed by atoms with Crippen molar-refractivity contribution in [2.45, 2.75) is 26.1 Å². The highest BCUT2D eigenvalue weighted by molar-refractivity contribution is 5.97. The van der Waals surface area contributed by atoms with Gasteiger partial charge in [-0.05, 0) is 25.1 Å². The number of nitrogens with zero attached hydrogens (tertiary/aromatic N) is 6. The normalized spacial score (nSPS) is 22.7. The first-order chi connectivity index (χ1) is 14.2. The predicted molar refractivity (Wildman–Crippen MR) is 106 cm³/mol. The van der Waals surface area contributed by atoms with Crippen molar-refractivity contribution in [2.24, 2.45) is 5.92 Å². The van der Waals surface area contributed by atoms with Gasteiger partial charge < -0.3 is 14.2 Å². The molecular formula is C20H25N7O2. The molecule has 1 amide bonds. The van der Waals surface area contributed by atoms with E-state index in [1.807, 2.05) is 35.5 Å². The van der Waals surface area contributed by atoms with Crippen LogP contribution in [0.1, 0.15) is 23.1 Å². The molecule has 0 saturated carbocycles. The fourth-order valence-corrected chi connectivity index (χ4v) is 4.44. The van der Waals surface area contributed by atoms with Crippen molar-refractivity contribution in [3.8, 4) is 0 Å². The average Bonchev–Trinajstić information content (AvgIpc) is 3.28. The number of aromatic amines is 1. The fourth-order valence-electron chi connectivity index (χ4n) is 4.44. The van der Waals surface area contributed by atoms with Gasteiger partial charge in [-0.2, -0.15) is 15.4 Å². The number of aromatic nitrogens is 5. The first kappa shape index (κ1) is 18.3. The number of benzene rings is 1. The van der Waals surface area contributed by atoms with E-state index in [0.717, 1.165) is 37.5 Å². The fraction of sp³-hybridized carbons (Fsp3) is 0.500. The van der Waals surface area contributed by atoms with E-state index in [2.05, 4.69) is 36.8 Å². The van der Waals surface area contributed by atoms with Crippen LogP contribution in [0.4, 0.5) is 0 Å². The Hall–Kier alpha value is -2.78. The van der Waals surface area contributed by atoms with Gasteiger partial charge in [-0.3, -0.25) is 9.69 Å². The predicted octanol–water partition coefficient (Wildman–Crippen LogP) is 1.15. The Morgan fingerprint density at radius 2 is 2.10 bits per heavy atom. The Balaban J connectivity index is 1.38. The number of H-pyrrole nitrogens is 1. The quantitative estimate of drug-likeness (QED) is 0.712. The Kier molecular flexibility index (Phi) is 4.76. The van der Waals surface area contributed by atoms with E-state index in [1.165, 1.54) is 0 Å². The first-order valence-corrected chi connectivity index (χ1v) is 10.1. The Labute approximate surface area is 168 Å². The van der Waals surface area contributed by atoms with Gasteiger partial charge >= 0.3 is 0 Å². The molecule has 2 bridgehead atoms. The molecule has 9 heteroatoms. The van der Waals surface area contributed by atoms with Crippen molar-refractivity contribution < 1.29 is 9.53 Å². The second-order valence-electron chi connectivity index (χ2n) is 7.87. The standard InChI is InChI=1S/C20H25N7O2/c1-2-26-6-5-21-19(26)11-25-8-14-9-27(16(10-25)13-29-12-14)20(28)15-3-4-17-18(7-15)23-24-22-17/h3-7,14,16H,2,8-13H2,1H3,(H,22,23,24)/t14-,16-/m0/s1. The van der Waals surface area contributed by atoms with Gasteiger partial charge in [0.05, 0.1) is 25.8 Å². The molecule has 1 N–H and O–H groups in total. The summed E-state index contributed by atoms with van der Waals surface area (Å²) in [5, 5.41) is 10.8. The van der Waals surface area contributed by atoms with Gasteiger partial charge in [-0.15, -0.1) is 0 Å². The number of fused-ring (bicyclic) bond motifs is 4. The van der Waals surface area contributed by atoms with Gasteiger partial charge in [0.15, 0.2) is 0 Å². The van der Waals surface area contributed by atoms with Crippen molar-refractivity contribution in [3.05, 3.63) is 42.0 Å². The van der Waals surface area contributed by atoms with Crippen LogP contribution in [0.15, 0.2) is 30.6 Å². The van der Waals surface area contributed by atoms with Crippen molar-refractivity contribution in [2.75, 3.05) is 32.8 Å². The zero-order chi connectivity index (χ0) is 19.8. The maximum atomic E-state index is 13.4. The van der Waals surface area contributed by atoms with Crippen LogP contribution in [0.3, 0.4) is 0 Å². The second-order valence-corrected chi connectivity index (χ2v) is 7.87. The summed E-state index contributed by atoms with van der Waals surface area (Å²) in [7, 11) is 0. The van der Waals surface area contributed by atoms with E-state index >= 15 is 0 Å². The number of aryl methyl sites for hydroxylation is 1. The van der Waals surface area contributed by atoms with Crippen LogP contribution >= 0.6 is 0 Å². The highest BCUT2D eigenvalue weighted by Crippen LogP contribution is 2.23. The molecule has 0 radical (unpaired) electrons. The summed E-state index contributed by atoms with van der Waals surface area (Å²) < 4.78 is 8.07. The SMILES string of the molecule is CCn1ccnc1CN1C[C@@H]2COC[C@H](C1)N(C(=O)c1ccc3n[nH]nc3c1)C2. The van der Waals surface area contributed by atoms with Crippen LogP contribution in [0.5, 0.6) is 0 Å². The molecule has 29 heavy (non-hydrogen) atoms. The summed E-state index contributed by atoms with van der Waals surface area (Å²) in [5.41, 5.74) is 2.11. The maximum Gasteiger partial charge on any atom is 0.254 e. The lowest BCUT2D eigenvalue weighted by molar-refractivity contribution is 0.0417. The minimum absolute atomic E-state index is 0.0213. The van der Waals surface area contributed by atoms with Crippen molar-refractivity contribution in [1.82, 2.24) is 34.8 Å². The molecule has 9 nitrogen and oxygen atoms in total. The molecule has 0 unspecified atom stereocenters. The molecule has 2 fully saturated rings. The second kappa shape index (κ2) is 7.57. The molecule has 152 valence electrons. The van der Waals surface area contributed by atoms with Crippen LogP contribution in [0.25, 0.3) is 11.0 Å². The third-order valence-corrected chi connectivity index (χ3v) is 5.88.